The molecule has 0 aliphatic carbocycles. The van der Waals surface area contributed by atoms with Crippen LogP contribution >= 0.6 is 0 Å². The maximum Gasteiger partial charge on any atom is 0.0579 e. The van der Waals surface area contributed by atoms with Crippen LogP contribution < -0.4 is 0 Å². The second-order valence-electron chi connectivity index (χ2n) is 4.86. The lowest BCUT2D eigenvalue weighted by atomic mass is 10.1. The lowest BCUT2D eigenvalue weighted by Crippen LogP contribution is -2.49. The van der Waals surface area contributed by atoms with Crippen molar-refractivity contribution in [3.05, 3.63) is 46.0 Å². The van der Waals surface area contributed by atoms with Gasteiger partial charge in [0.2, 0.25) is 0 Å². The van der Waals surface area contributed by atoms with Gasteiger partial charge in [0, 0.05) is 12.1 Å². The monoisotopic (exact) mass is 236 g/mol. The molecule has 0 N–H and O–H groups in total. The Morgan fingerprint density at radius 2 is 1.82 bits per heavy atom. The van der Waals surface area contributed by atoms with Crippen LogP contribution in [0.2, 0.25) is 0 Å². The largest absolute Gasteiger partial charge is 0.724 e. The second kappa shape index (κ2) is 5.75. The van der Waals surface area contributed by atoms with Crippen LogP contribution in [-0.2, 0) is 6.42 Å². The number of rotatable bonds is 5. The van der Waals surface area contributed by atoms with Gasteiger partial charge in [-0.2, -0.15) is 0 Å². The molecule has 0 bridgehead atoms. The van der Waals surface area contributed by atoms with E-state index in [4.69, 9.17) is 0 Å². The van der Waals surface area contributed by atoms with Crippen molar-refractivity contribution in [2.24, 2.45) is 5.29 Å². The fourth-order valence-corrected chi connectivity index (χ4v) is 1.60. The first kappa shape index (κ1) is 13.6. The van der Waals surface area contributed by atoms with Crippen LogP contribution in [0.15, 0.2) is 35.6 Å². The molecule has 0 unspecified atom stereocenters. The first-order valence-electron chi connectivity index (χ1n) is 5.57. The van der Waals surface area contributed by atoms with E-state index in [1.807, 2.05) is 51.1 Å². The molecule has 0 atom stereocenters. The topological polar surface area (TPSA) is 59.0 Å². The Morgan fingerprint density at radius 3 is 2.29 bits per heavy atom. The van der Waals surface area contributed by atoms with E-state index in [0.717, 1.165) is 5.56 Å². The average molecular weight is 236 g/mol. The number of nitroso groups, excluding NO2 is 1. The minimum absolute atomic E-state index is 0.128. The zero-order chi connectivity index (χ0) is 12.9. The number of hydrogen-bond acceptors (Lipinski definition) is 4. The number of benzene rings is 1. The zero-order valence-electron chi connectivity index (χ0n) is 10.5. The SMILES string of the molecule is CC(C)(C)N(CCc1ccccc1)N([O-])N=O. The summed E-state index contributed by atoms with van der Waals surface area (Å²) in [6.07, 6.45) is 0.701. The molecule has 0 saturated carbocycles. The highest BCUT2D eigenvalue weighted by Gasteiger charge is 2.22. The van der Waals surface area contributed by atoms with Gasteiger partial charge in [0.05, 0.1) is 5.29 Å². The summed E-state index contributed by atoms with van der Waals surface area (Å²) >= 11 is 0. The van der Waals surface area contributed by atoms with E-state index in [1.165, 1.54) is 5.01 Å². The van der Waals surface area contributed by atoms with E-state index in [9.17, 15) is 10.1 Å². The Bertz CT molecular complexity index is 349. The highest BCUT2D eigenvalue weighted by Crippen LogP contribution is 2.16. The highest BCUT2D eigenvalue weighted by atomic mass is 16.6. The summed E-state index contributed by atoms with van der Waals surface area (Å²) in [5.74, 6) is 0. The summed E-state index contributed by atoms with van der Waals surface area (Å²) in [4.78, 5) is 10.3. The number of hydrazine groups is 1. The van der Waals surface area contributed by atoms with Crippen LogP contribution in [-0.4, -0.2) is 22.4 Å². The predicted molar refractivity (Wildman–Crippen MR) is 67.6 cm³/mol. The van der Waals surface area contributed by atoms with Gasteiger partial charge < -0.3 is 5.21 Å². The number of hydrogen-bond donors (Lipinski definition) is 0. The van der Waals surface area contributed by atoms with Crippen LogP contribution in [0.25, 0.3) is 0 Å². The highest BCUT2D eigenvalue weighted by molar-refractivity contribution is 5.14. The molecule has 0 saturated heterocycles. The minimum atomic E-state index is -0.426. The molecule has 0 fully saturated rings. The van der Waals surface area contributed by atoms with Gasteiger partial charge in [0.1, 0.15) is 0 Å². The Kier molecular flexibility index (Phi) is 4.60. The van der Waals surface area contributed by atoms with E-state index in [-0.39, 0.29) is 5.28 Å². The molecule has 17 heavy (non-hydrogen) atoms. The van der Waals surface area contributed by atoms with E-state index in [2.05, 4.69) is 5.29 Å². The third-order valence-corrected chi connectivity index (χ3v) is 2.51. The predicted octanol–water partition coefficient (Wildman–Crippen LogP) is 2.73. The first-order chi connectivity index (χ1) is 7.95. The fraction of sp³-hybridized carbons (Fsp3) is 0.500. The molecule has 0 radical (unpaired) electrons. The fourth-order valence-electron chi connectivity index (χ4n) is 1.60. The Balaban J connectivity index is 2.65. The molecule has 0 aliphatic heterocycles. The summed E-state index contributed by atoms with van der Waals surface area (Å²) in [5, 5.41) is 15.3. The van der Waals surface area contributed by atoms with Crippen molar-refractivity contribution in [2.75, 3.05) is 6.54 Å². The Labute approximate surface area is 102 Å². The first-order valence-corrected chi connectivity index (χ1v) is 5.57. The molecule has 5 heteroatoms. The van der Waals surface area contributed by atoms with Gasteiger partial charge >= 0.3 is 0 Å². The van der Waals surface area contributed by atoms with Crippen molar-refractivity contribution in [3.63, 3.8) is 0 Å². The van der Waals surface area contributed by atoms with E-state index >= 15 is 0 Å². The maximum atomic E-state index is 11.3. The van der Waals surface area contributed by atoms with Crippen LogP contribution in [0.1, 0.15) is 26.3 Å². The van der Waals surface area contributed by atoms with Crippen molar-refractivity contribution in [1.29, 1.82) is 0 Å². The summed E-state index contributed by atoms with van der Waals surface area (Å²) in [7, 11) is 0. The van der Waals surface area contributed by atoms with Gasteiger partial charge in [-0.05, 0) is 32.8 Å². The van der Waals surface area contributed by atoms with Crippen LogP contribution in [0, 0.1) is 10.1 Å². The molecule has 0 amide bonds. The van der Waals surface area contributed by atoms with Crippen LogP contribution in [0.4, 0.5) is 0 Å². The lowest BCUT2D eigenvalue weighted by Gasteiger charge is -2.43. The van der Waals surface area contributed by atoms with Crippen molar-refractivity contribution in [2.45, 2.75) is 32.7 Å². The van der Waals surface area contributed by atoms with Gasteiger partial charge in [-0.15, -0.1) is 4.91 Å². The molecule has 94 valence electrons. The summed E-state index contributed by atoms with van der Waals surface area (Å²) in [6, 6.07) is 9.82. The van der Waals surface area contributed by atoms with Gasteiger partial charge in [0.25, 0.3) is 0 Å². The van der Waals surface area contributed by atoms with Crippen molar-refractivity contribution in [3.8, 4) is 0 Å². The Hall–Kier alpha value is -1.46. The second-order valence-corrected chi connectivity index (χ2v) is 4.86. The molecule has 0 spiro atoms. The van der Waals surface area contributed by atoms with E-state index < -0.39 is 5.54 Å². The van der Waals surface area contributed by atoms with Gasteiger partial charge in [-0.25, -0.2) is 5.01 Å². The molecule has 0 aliphatic rings. The third kappa shape index (κ3) is 4.13. The van der Waals surface area contributed by atoms with Crippen molar-refractivity contribution < 1.29 is 0 Å². The van der Waals surface area contributed by atoms with Crippen molar-refractivity contribution >= 4 is 0 Å². The minimum Gasteiger partial charge on any atom is -0.724 e. The van der Waals surface area contributed by atoms with Crippen LogP contribution in [0.5, 0.6) is 0 Å². The normalized spacial score (nSPS) is 11.6. The summed E-state index contributed by atoms with van der Waals surface area (Å²) in [5.41, 5.74) is 0.700. The molecule has 1 aromatic carbocycles. The molecule has 0 aromatic heterocycles. The molecule has 5 nitrogen and oxygen atoms in total. The number of nitrogens with zero attached hydrogens (tertiary/aromatic N) is 3. The third-order valence-electron chi connectivity index (χ3n) is 2.51. The smallest absolute Gasteiger partial charge is 0.0579 e. The van der Waals surface area contributed by atoms with Gasteiger partial charge in [-0.3, -0.25) is 5.28 Å². The Morgan fingerprint density at radius 1 is 1.24 bits per heavy atom. The zero-order valence-corrected chi connectivity index (χ0v) is 10.5. The van der Waals surface area contributed by atoms with E-state index in [0.29, 0.717) is 13.0 Å². The summed E-state index contributed by atoms with van der Waals surface area (Å²) < 4.78 is 0. The standard InChI is InChI=1S/C12H18N3O2/c1-12(2,3)14(15(17)13-16)10-9-11-7-5-4-6-8-11/h4-8H,9-10H2,1-3H3/q-1. The maximum absolute atomic E-state index is 11.3. The van der Waals surface area contributed by atoms with Crippen LogP contribution in [0.3, 0.4) is 0 Å². The average Bonchev–Trinajstić information content (AvgIpc) is 2.28. The van der Waals surface area contributed by atoms with Crippen molar-refractivity contribution in [1.82, 2.24) is 10.3 Å². The summed E-state index contributed by atoms with van der Waals surface area (Å²) in [6.45, 7) is 6.07. The molecule has 1 rings (SSSR count). The van der Waals surface area contributed by atoms with E-state index in [1.54, 1.807) is 0 Å². The lowest BCUT2D eigenvalue weighted by molar-refractivity contribution is -0.0543. The molecule has 1 aromatic rings. The molecular weight excluding hydrogens is 218 g/mol. The molecular formula is C12H18N3O2-. The van der Waals surface area contributed by atoms with Gasteiger partial charge in [-0.1, -0.05) is 30.3 Å². The van der Waals surface area contributed by atoms with Gasteiger partial charge in [0.15, 0.2) is 0 Å². The molecule has 0 heterocycles. The quantitative estimate of drug-likeness (QED) is 0.582.